The van der Waals surface area contributed by atoms with Crippen molar-refractivity contribution >= 4 is 50.7 Å². The van der Waals surface area contributed by atoms with Gasteiger partial charge in [0.2, 0.25) is 11.8 Å². The highest BCUT2D eigenvalue weighted by molar-refractivity contribution is 7.92. The quantitative estimate of drug-likeness (QED) is 0.280. The number of nitrogens with one attached hydrogen (secondary N) is 1. The van der Waals surface area contributed by atoms with Gasteiger partial charge in [0.15, 0.2) is 0 Å². The third-order valence-electron chi connectivity index (χ3n) is 6.55. The highest BCUT2D eigenvalue weighted by atomic mass is 35.5. The SMILES string of the molecule is CCC(C(=O)NC(C)(C)C)N(Cc1c(Cl)cccc1Cl)C(=O)CN(c1ccccc1C)S(=O)(=O)c1ccc(C)cc1. The van der Waals surface area contributed by atoms with Crippen molar-refractivity contribution < 1.29 is 18.0 Å². The summed E-state index contributed by atoms with van der Waals surface area (Å²) in [4.78, 5) is 29.1. The number of aryl methyl sites for hydroxylation is 2. The molecular formula is C31H37Cl2N3O4S. The molecule has 0 radical (unpaired) electrons. The van der Waals surface area contributed by atoms with Gasteiger partial charge in [-0.15, -0.1) is 0 Å². The molecule has 3 aromatic carbocycles. The topological polar surface area (TPSA) is 86.8 Å². The second kappa shape index (κ2) is 13.3. The predicted molar refractivity (Wildman–Crippen MR) is 166 cm³/mol. The van der Waals surface area contributed by atoms with Gasteiger partial charge < -0.3 is 10.2 Å². The van der Waals surface area contributed by atoms with E-state index in [1.54, 1.807) is 68.4 Å². The van der Waals surface area contributed by atoms with Gasteiger partial charge in [-0.3, -0.25) is 13.9 Å². The monoisotopic (exact) mass is 617 g/mol. The Morgan fingerprint density at radius 3 is 2.02 bits per heavy atom. The number of rotatable bonds is 10. The average molecular weight is 619 g/mol. The van der Waals surface area contributed by atoms with Gasteiger partial charge in [-0.05, 0) is 76.9 Å². The zero-order valence-corrected chi connectivity index (χ0v) is 26.6. The van der Waals surface area contributed by atoms with E-state index in [4.69, 9.17) is 23.2 Å². The second-order valence-corrected chi connectivity index (χ2v) is 13.7. The van der Waals surface area contributed by atoms with Gasteiger partial charge >= 0.3 is 0 Å². The van der Waals surface area contributed by atoms with Gasteiger partial charge in [0, 0.05) is 27.7 Å². The number of carbonyl (C=O) groups is 2. The van der Waals surface area contributed by atoms with Crippen molar-refractivity contribution in [2.45, 2.75) is 71.0 Å². The van der Waals surface area contributed by atoms with E-state index in [1.165, 1.54) is 17.0 Å². The molecule has 0 saturated carbocycles. The number of benzene rings is 3. The standard InChI is InChI=1S/C31H37Cl2N3O4S/c1-7-27(30(38)34-31(4,5)6)35(19-24-25(32)12-10-13-26(24)33)29(37)20-36(28-14-9-8-11-22(28)3)41(39,40)23-17-15-21(2)16-18-23/h8-18,27H,7,19-20H2,1-6H3,(H,34,38). The van der Waals surface area contributed by atoms with Crippen LogP contribution in [0.5, 0.6) is 0 Å². The van der Waals surface area contributed by atoms with E-state index in [0.29, 0.717) is 26.9 Å². The van der Waals surface area contributed by atoms with Crippen LogP contribution in [-0.2, 0) is 26.2 Å². The van der Waals surface area contributed by atoms with Gasteiger partial charge in [-0.1, -0.05) is 72.1 Å². The molecule has 0 aromatic heterocycles. The number of carbonyl (C=O) groups excluding carboxylic acids is 2. The van der Waals surface area contributed by atoms with E-state index in [-0.39, 0.29) is 23.8 Å². The van der Waals surface area contributed by atoms with Crippen LogP contribution in [0.3, 0.4) is 0 Å². The minimum atomic E-state index is -4.16. The Balaban J connectivity index is 2.13. The number of nitrogens with zero attached hydrogens (tertiary/aromatic N) is 2. The lowest BCUT2D eigenvalue weighted by Crippen LogP contribution is -2.55. The van der Waals surface area contributed by atoms with Crippen LogP contribution in [0.2, 0.25) is 10.0 Å². The first-order valence-corrected chi connectivity index (χ1v) is 15.5. The summed E-state index contributed by atoms with van der Waals surface area (Å²) in [5.41, 5.74) is 1.86. The molecule has 7 nitrogen and oxygen atoms in total. The summed E-state index contributed by atoms with van der Waals surface area (Å²) in [5, 5.41) is 3.62. The summed E-state index contributed by atoms with van der Waals surface area (Å²) >= 11 is 12.9. The average Bonchev–Trinajstić information content (AvgIpc) is 2.88. The molecule has 0 aliphatic carbocycles. The molecule has 0 aliphatic heterocycles. The summed E-state index contributed by atoms with van der Waals surface area (Å²) < 4.78 is 29.1. The maximum atomic E-state index is 14.2. The minimum Gasteiger partial charge on any atom is -0.350 e. The molecule has 0 fully saturated rings. The first kappa shape index (κ1) is 32.4. The van der Waals surface area contributed by atoms with Crippen LogP contribution in [0, 0.1) is 13.8 Å². The summed E-state index contributed by atoms with van der Waals surface area (Å²) in [7, 11) is -4.16. The summed E-state index contributed by atoms with van der Waals surface area (Å²) in [6.07, 6.45) is 0.283. The maximum absolute atomic E-state index is 14.2. The van der Waals surface area contributed by atoms with Crippen LogP contribution in [0.4, 0.5) is 5.69 Å². The van der Waals surface area contributed by atoms with Gasteiger partial charge in [-0.25, -0.2) is 8.42 Å². The fourth-order valence-corrected chi connectivity index (χ4v) is 6.42. The number of halogens is 2. The largest absolute Gasteiger partial charge is 0.350 e. The van der Waals surface area contributed by atoms with E-state index in [2.05, 4.69) is 5.32 Å². The van der Waals surface area contributed by atoms with Crippen LogP contribution < -0.4 is 9.62 Å². The number of para-hydroxylation sites is 1. The summed E-state index contributed by atoms with van der Waals surface area (Å²) in [6, 6.07) is 17.5. The van der Waals surface area contributed by atoms with Crippen molar-refractivity contribution in [2.75, 3.05) is 10.8 Å². The zero-order valence-electron chi connectivity index (χ0n) is 24.2. The molecule has 0 heterocycles. The molecule has 1 atom stereocenters. The van der Waals surface area contributed by atoms with Crippen molar-refractivity contribution in [1.29, 1.82) is 0 Å². The Bertz CT molecular complexity index is 1480. The van der Waals surface area contributed by atoms with Gasteiger partial charge in [0.05, 0.1) is 10.6 Å². The number of amides is 2. The van der Waals surface area contributed by atoms with Gasteiger partial charge in [0.1, 0.15) is 12.6 Å². The highest BCUT2D eigenvalue weighted by Gasteiger charge is 2.35. The highest BCUT2D eigenvalue weighted by Crippen LogP contribution is 2.30. The Labute approximate surface area is 253 Å². The number of hydrogen-bond acceptors (Lipinski definition) is 4. The van der Waals surface area contributed by atoms with Crippen molar-refractivity contribution in [1.82, 2.24) is 10.2 Å². The van der Waals surface area contributed by atoms with Crippen LogP contribution >= 0.6 is 23.2 Å². The smallest absolute Gasteiger partial charge is 0.264 e. The van der Waals surface area contributed by atoms with Crippen molar-refractivity contribution in [2.24, 2.45) is 0 Å². The van der Waals surface area contributed by atoms with Gasteiger partial charge in [-0.2, -0.15) is 0 Å². The van der Waals surface area contributed by atoms with Crippen LogP contribution in [0.1, 0.15) is 50.8 Å². The Morgan fingerprint density at radius 2 is 1.49 bits per heavy atom. The molecule has 2 amide bonds. The number of anilines is 1. The third-order valence-corrected chi connectivity index (χ3v) is 9.03. The Hall–Kier alpha value is -3.07. The van der Waals surface area contributed by atoms with E-state index < -0.39 is 34.1 Å². The molecule has 41 heavy (non-hydrogen) atoms. The van der Waals surface area contributed by atoms with Crippen molar-refractivity contribution in [3.8, 4) is 0 Å². The summed E-state index contributed by atoms with van der Waals surface area (Å²) in [6.45, 7) is 10.4. The lowest BCUT2D eigenvalue weighted by atomic mass is 10.1. The molecule has 10 heteroatoms. The minimum absolute atomic E-state index is 0.0531. The lowest BCUT2D eigenvalue weighted by Gasteiger charge is -2.35. The fourth-order valence-electron chi connectivity index (χ4n) is 4.42. The van der Waals surface area contributed by atoms with Crippen LogP contribution in [0.15, 0.2) is 71.6 Å². The van der Waals surface area contributed by atoms with Gasteiger partial charge in [0.25, 0.3) is 10.0 Å². The normalized spacial score (nSPS) is 12.5. The molecule has 220 valence electrons. The Morgan fingerprint density at radius 1 is 0.902 bits per heavy atom. The number of hydrogen-bond donors (Lipinski definition) is 1. The molecule has 0 aliphatic rings. The first-order valence-electron chi connectivity index (χ1n) is 13.3. The molecule has 3 rings (SSSR count). The van der Waals surface area contributed by atoms with Crippen molar-refractivity contribution in [3.63, 3.8) is 0 Å². The molecular weight excluding hydrogens is 581 g/mol. The predicted octanol–water partition coefficient (Wildman–Crippen LogP) is 6.53. The maximum Gasteiger partial charge on any atom is 0.264 e. The molecule has 0 spiro atoms. The molecule has 1 N–H and O–H groups in total. The number of sulfonamides is 1. The first-order chi connectivity index (χ1) is 19.2. The molecule has 0 bridgehead atoms. The van der Waals surface area contributed by atoms with Crippen molar-refractivity contribution in [3.05, 3.63) is 93.5 Å². The van der Waals surface area contributed by atoms with E-state index in [1.807, 2.05) is 27.7 Å². The van der Waals surface area contributed by atoms with Crippen LogP contribution in [0.25, 0.3) is 0 Å². The second-order valence-electron chi connectivity index (χ2n) is 11.0. The molecule has 3 aromatic rings. The molecule has 0 saturated heterocycles. The Kier molecular flexibility index (Phi) is 10.5. The van der Waals surface area contributed by atoms with E-state index in [9.17, 15) is 18.0 Å². The lowest BCUT2D eigenvalue weighted by molar-refractivity contribution is -0.141. The third kappa shape index (κ3) is 8.03. The van der Waals surface area contributed by atoms with E-state index >= 15 is 0 Å². The molecule has 1 unspecified atom stereocenters. The van der Waals surface area contributed by atoms with E-state index in [0.717, 1.165) is 9.87 Å². The summed E-state index contributed by atoms with van der Waals surface area (Å²) in [5.74, 6) is -0.934. The van der Waals surface area contributed by atoms with Crippen LogP contribution in [-0.4, -0.2) is 43.3 Å². The fraction of sp³-hybridized carbons (Fsp3) is 0.355. The zero-order chi connectivity index (χ0) is 30.5.